The summed E-state index contributed by atoms with van der Waals surface area (Å²) < 4.78 is 9.75. The monoisotopic (exact) mass is 323 g/mol. The van der Waals surface area contributed by atoms with E-state index in [1.165, 1.54) is 13.2 Å². The van der Waals surface area contributed by atoms with Crippen molar-refractivity contribution in [3.63, 3.8) is 0 Å². The van der Waals surface area contributed by atoms with Crippen LogP contribution in [-0.4, -0.2) is 30.6 Å². The molecule has 5 nitrogen and oxygen atoms in total. The smallest absolute Gasteiger partial charge is 0.340 e. The minimum atomic E-state index is -0.634. The summed E-state index contributed by atoms with van der Waals surface area (Å²) in [5.74, 6) is 4.63. The van der Waals surface area contributed by atoms with Crippen molar-refractivity contribution in [2.45, 2.75) is 13.8 Å². The fourth-order valence-corrected chi connectivity index (χ4v) is 2.12. The lowest BCUT2D eigenvalue weighted by molar-refractivity contribution is 0.0503. The van der Waals surface area contributed by atoms with Gasteiger partial charge in [-0.05, 0) is 38.0 Å². The molecule has 0 saturated heterocycles. The quantitative estimate of drug-likeness (QED) is 0.642. The maximum absolute atomic E-state index is 12.2. The van der Waals surface area contributed by atoms with Crippen molar-refractivity contribution in [3.05, 3.63) is 64.5 Å². The minimum absolute atomic E-state index is 0.0983. The maximum Gasteiger partial charge on any atom is 0.340 e. The number of esters is 2. The molecule has 0 atom stereocenters. The number of carbonyl (C=O) groups excluding carboxylic acids is 2. The summed E-state index contributed by atoms with van der Waals surface area (Å²) in [6.45, 7) is 3.52. The Morgan fingerprint density at radius 3 is 2.46 bits per heavy atom. The number of nitrogens with zero attached hydrogens (tertiary/aromatic N) is 1. The second-order valence-electron chi connectivity index (χ2n) is 4.84. The van der Waals surface area contributed by atoms with Crippen LogP contribution in [0.2, 0.25) is 0 Å². The Morgan fingerprint density at radius 1 is 1.12 bits per heavy atom. The van der Waals surface area contributed by atoms with E-state index >= 15 is 0 Å². The molecule has 0 saturated carbocycles. The van der Waals surface area contributed by atoms with E-state index in [1.807, 2.05) is 30.3 Å². The number of ether oxygens (including phenoxy) is 2. The summed E-state index contributed by atoms with van der Waals surface area (Å²) in [6, 6.07) is 10.9. The number of aromatic nitrogens is 1. The predicted octanol–water partition coefficient (Wildman–Crippen LogP) is 2.75. The fraction of sp³-hybridized carbons (Fsp3) is 0.211. The van der Waals surface area contributed by atoms with E-state index in [4.69, 9.17) is 9.47 Å². The van der Waals surface area contributed by atoms with Crippen LogP contribution in [0.1, 0.15) is 44.6 Å². The number of methoxy groups -OCH3 is 1. The summed E-state index contributed by atoms with van der Waals surface area (Å²) in [4.78, 5) is 28.4. The lowest BCUT2D eigenvalue weighted by atomic mass is 10.1. The highest BCUT2D eigenvalue weighted by molar-refractivity contribution is 6.04. The van der Waals surface area contributed by atoms with Gasteiger partial charge in [-0.15, -0.1) is 0 Å². The highest BCUT2D eigenvalue weighted by Gasteiger charge is 2.23. The average molecular weight is 323 g/mol. The zero-order valence-electron chi connectivity index (χ0n) is 13.8. The van der Waals surface area contributed by atoms with E-state index in [9.17, 15) is 9.59 Å². The third-order valence-corrected chi connectivity index (χ3v) is 3.19. The van der Waals surface area contributed by atoms with Crippen molar-refractivity contribution in [2.75, 3.05) is 13.7 Å². The molecule has 5 heteroatoms. The van der Waals surface area contributed by atoms with Crippen LogP contribution in [0.5, 0.6) is 0 Å². The van der Waals surface area contributed by atoms with Gasteiger partial charge in [0.25, 0.3) is 0 Å². The van der Waals surface area contributed by atoms with Crippen LogP contribution in [0, 0.1) is 18.8 Å². The molecule has 24 heavy (non-hydrogen) atoms. The van der Waals surface area contributed by atoms with E-state index in [0.29, 0.717) is 11.4 Å². The molecule has 1 aromatic carbocycles. The summed E-state index contributed by atoms with van der Waals surface area (Å²) >= 11 is 0. The van der Waals surface area contributed by atoms with Crippen LogP contribution in [-0.2, 0) is 9.47 Å². The van der Waals surface area contributed by atoms with E-state index in [-0.39, 0.29) is 17.7 Å². The van der Waals surface area contributed by atoms with Crippen LogP contribution in [0.15, 0.2) is 36.4 Å². The highest BCUT2D eigenvalue weighted by Crippen LogP contribution is 2.17. The largest absolute Gasteiger partial charge is 0.465 e. The number of pyridine rings is 1. The van der Waals surface area contributed by atoms with Gasteiger partial charge in [0, 0.05) is 5.56 Å². The SMILES string of the molecule is CCOC(=O)c1cc(C#Cc2ccccc2)nc(C)c1C(=O)OC. The first-order valence-corrected chi connectivity index (χ1v) is 7.41. The van der Waals surface area contributed by atoms with Gasteiger partial charge in [0.15, 0.2) is 0 Å². The first kappa shape index (κ1) is 17.2. The van der Waals surface area contributed by atoms with Crippen molar-refractivity contribution in [1.82, 2.24) is 4.98 Å². The first-order chi connectivity index (χ1) is 11.6. The second kappa shape index (κ2) is 7.93. The Morgan fingerprint density at radius 2 is 1.83 bits per heavy atom. The van der Waals surface area contributed by atoms with E-state index < -0.39 is 11.9 Å². The van der Waals surface area contributed by atoms with Crippen LogP contribution in [0.4, 0.5) is 0 Å². The Bertz CT molecular complexity index is 816. The molecule has 1 heterocycles. The molecule has 0 bridgehead atoms. The summed E-state index contributed by atoms with van der Waals surface area (Å²) in [7, 11) is 1.25. The Balaban J connectivity index is 2.50. The van der Waals surface area contributed by atoms with E-state index in [0.717, 1.165) is 5.56 Å². The van der Waals surface area contributed by atoms with Crippen LogP contribution in [0.3, 0.4) is 0 Å². The molecule has 0 amide bonds. The molecule has 122 valence electrons. The van der Waals surface area contributed by atoms with Gasteiger partial charge in [-0.1, -0.05) is 24.1 Å². The van der Waals surface area contributed by atoms with Crippen molar-refractivity contribution >= 4 is 11.9 Å². The van der Waals surface area contributed by atoms with Gasteiger partial charge in [0.2, 0.25) is 0 Å². The van der Waals surface area contributed by atoms with Gasteiger partial charge in [0.1, 0.15) is 5.69 Å². The van der Waals surface area contributed by atoms with Crippen LogP contribution in [0.25, 0.3) is 0 Å². The second-order valence-corrected chi connectivity index (χ2v) is 4.84. The molecule has 0 aliphatic rings. The van der Waals surface area contributed by atoms with Crippen molar-refractivity contribution < 1.29 is 19.1 Å². The number of carbonyl (C=O) groups is 2. The average Bonchev–Trinajstić information content (AvgIpc) is 2.60. The van der Waals surface area contributed by atoms with Gasteiger partial charge < -0.3 is 9.47 Å². The zero-order chi connectivity index (χ0) is 17.5. The van der Waals surface area contributed by atoms with Crippen molar-refractivity contribution in [1.29, 1.82) is 0 Å². The van der Waals surface area contributed by atoms with Gasteiger partial charge in [-0.25, -0.2) is 14.6 Å². The molecule has 1 aromatic heterocycles. The number of hydrogen-bond acceptors (Lipinski definition) is 5. The predicted molar refractivity (Wildman–Crippen MR) is 88.7 cm³/mol. The maximum atomic E-state index is 12.2. The molecule has 2 aromatic rings. The number of aryl methyl sites for hydroxylation is 1. The molecule has 0 spiro atoms. The molecule has 2 rings (SSSR count). The third-order valence-electron chi connectivity index (χ3n) is 3.19. The van der Waals surface area contributed by atoms with Gasteiger partial charge in [-0.3, -0.25) is 0 Å². The topological polar surface area (TPSA) is 65.5 Å². The van der Waals surface area contributed by atoms with Crippen LogP contribution >= 0.6 is 0 Å². The van der Waals surface area contributed by atoms with Gasteiger partial charge in [0.05, 0.1) is 30.5 Å². The molecule has 0 unspecified atom stereocenters. The van der Waals surface area contributed by atoms with Gasteiger partial charge in [-0.2, -0.15) is 0 Å². The number of benzene rings is 1. The van der Waals surface area contributed by atoms with Crippen LogP contribution < -0.4 is 0 Å². The molecular formula is C19H17NO4. The number of rotatable bonds is 3. The Hall–Kier alpha value is -3.13. The normalized spacial score (nSPS) is 9.62. The summed E-state index contributed by atoms with van der Waals surface area (Å²) in [5.41, 5.74) is 1.78. The molecule has 0 aliphatic carbocycles. The van der Waals surface area contributed by atoms with Crippen molar-refractivity contribution in [3.8, 4) is 11.8 Å². The molecular weight excluding hydrogens is 306 g/mol. The highest BCUT2D eigenvalue weighted by atomic mass is 16.5. The molecule has 0 aliphatic heterocycles. The fourth-order valence-electron chi connectivity index (χ4n) is 2.12. The van der Waals surface area contributed by atoms with Crippen molar-refractivity contribution in [2.24, 2.45) is 0 Å². The lowest BCUT2D eigenvalue weighted by Crippen LogP contribution is -2.16. The lowest BCUT2D eigenvalue weighted by Gasteiger charge is -2.10. The molecule has 0 N–H and O–H groups in total. The Labute approximate surface area is 140 Å². The third kappa shape index (κ3) is 3.99. The van der Waals surface area contributed by atoms with E-state index in [1.54, 1.807) is 13.8 Å². The standard InChI is InChI=1S/C19H17NO4/c1-4-24-18(21)16-12-15(11-10-14-8-6-5-7-9-14)20-13(2)17(16)19(22)23-3/h5-9,12H,4H2,1-3H3. The number of hydrogen-bond donors (Lipinski definition) is 0. The summed E-state index contributed by atoms with van der Waals surface area (Å²) in [5, 5.41) is 0. The molecule has 0 radical (unpaired) electrons. The zero-order valence-corrected chi connectivity index (χ0v) is 13.8. The first-order valence-electron chi connectivity index (χ1n) is 7.41. The Kier molecular flexibility index (Phi) is 5.69. The van der Waals surface area contributed by atoms with Gasteiger partial charge >= 0.3 is 11.9 Å². The van der Waals surface area contributed by atoms with E-state index in [2.05, 4.69) is 16.8 Å². The molecule has 0 fully saturated rings. The minimum Gasteiger partial charge on any atom is -0.465 e. The summed E-state index contributed by atoms with van der Waals surface area (Å²) in [6.07, 6.45) is 0.